The molecule has 0 aliphatic heterocycles. The summed E-state index contributed by atoms with van der Waals surface area (Å²) in [5, 5.41) is 35.5. The van der Waals surface area contributed by atoms with Gasteiger partial charge >= 0.3 is 17.9 Å². The molecule has 0 saturated carbocycles. The third kappa shape index (κ3) is 13.4. The Labute approximate surface area is 210 Å². The zero-order valence-corrected chi connectivity index (χ0v) is 20.2. The molecule has 4 amide bonds. The summed E-state index contributed by atoms with van der Waals surface area (Å²) in [7, 11) is 0. The largest absolute Gasteiger partial charge is 0.480 e. The van der Waals surface area contributed by atoms with Crippen molar-refractivity contribution in [2.45, 2.75) is 49.9 Å². The summed E-state index contributed by atoms with van der Waals surface area (Å²) in [6.45, 7) is -0.665. The second-order valence-electron chi connectivity index (χ2n) is 7.14. The Morgan fingerprint density at radius 1 is 0.686 bits per heavy atom. The van der Waals surface area contributed by atoms with Gasteiger partial charge in [0.2, 0.25) is 23.6 Å². The quantitative estimate of drug-likeness (QED) is 0.0813. The van der Waals surface area contributed by atoms with Crippen LogP contribution in [0.1, 0.15) is 25.7 Å². The highest BCUT2D eigenvalue weighted by Crippen LogP contribution is 2.02. The molecule has 0 radical (unpaired) electrons. The van der Waals surface area contributed by atoms with Crippen molar-refractivity contribution < 1.29 is 48.9 Å². The first kappa shape index (κ1) is 31.9. The number of carboxylic acid groups (broad SMARTS) is 3. The fourth-order valence-electron chi connectivity index (χ4n) is 2.42. The van der Waals surface area contributed by atoms with Crippen LogP contribution >= 0.6 is 25.3 Å². The van der Waals surface area contributed by atoms with Gasteiger partial charge in [0.05, 0.1) is 0 Å². The number of aliphatic carboxylic acids is 3. The number of carbonyl (C=O) groups excluding carboxylic acids is 4. The molecule has 9 N–H and O–H groups in total. The van der Waals surface area contributed by atoms with Crippen LogP contribution in [0.15, 0.2) is 0 Å². The molecule has 198 valence electrons. The molecule has 0 bridgehead atoms. The number of rotatable bonds is 17. The maximum Gasteiger partial charge on any atom is 0.326 e. The normalized spacial score (nSPS) is 13.9. The summed E-state index contributed by atoms with van der Waals surface area (Å²) in [4.78, 5) is 81.0. The predicted molar refractivity (Wildman–Crippen MR) is 126 cm³/mol. The van der Waals surface area contributed by atoms with Gasteiger partial charge in [0.15, 0.2) is 0 Å². The Hall–Kier alpha value is -3.05. The van der Waals surface area contributed by atoms with Crippen molar-refractivity contribution in [3.63, 3.8) is 0 Å². The van der Waals surface area contributed by atoms with Crippen LogP contribution in [0.2, 0.25) is 0 Å². The monoisotopic (exact) mass is 539 g/mol. The molecule has 15 nitrogen and oxygen atoms in total. The molecular weight excluding hydrogens is 510 g/mol. The fourth-order valence-corrected chi connectivity index (χ4v) is 2.94. The lowest BCUT2D eigenvalue weighted by molar-refractivity contribution is -0.142. The number of carboxylic acids is 3. The van der Waals surface area contributed by atoms with Crippen molar-refractivity contribution in [2.24, 2.45) is 5.73 Å². The van der Waals surface area contributed by atoms with E-state index in [9.17, 15) is 38.7 Å². The molecule has 0 saturated heterocycles. The van der Waals surface area contributed by atoms with E-state index in [1.807, 2.05) is 0 Å². The molecule has 0 unspecified atom stereocenters. The van der Waals surface area contributed by atoms with E-state index in [1.165, 1.54) is 0 Å². The number of hydrogen-bond acceptors (Lipinski definition) is 10. The molecule has 0 aromatic heterocycles. The maximum atomic E-state index is 12.4. The summed E-state index contributed by atoms with van der Waals surface area (Å²) in [5.41, 5.74) is 5.31. The van der Waals surface area contributed by atoms with Gasteiger partial charge in [-0.15, -0.1) is 0 Å². The lowest BCUT2D eigenvalue weighted by Gasteiger charge is -2.21. The fraction of sp³-hybridized carbons (Fsp3) is 0.611. The zero-order chi connectivity index (χ0) is 27.1. The second kappa shape index (κ2) is 16.6. The van der Waals surface area contributed by atoms with Crippen LogP contribution in [-0.4, -0.2) is 99.1 Å². The van der Waals surface area contributed by atoms with Crippen molar-refractivity contribution in [1.82, 2.24) is 21.3 Å². The van der Waals surface area contributed by atoms with E-state index in [4.69, 9.17) is 15.9 Å². The van der Waals surface area contributed by atoms with E-state index >= 15 is 0 Å². The molecule has 4 atom stereocenters. The van der Waals surface area contributed by atoms with Gasteiger partial charge in [0, 0.05) is 24.3 Å². The van der Waals surface area contributed by atoms with Gasteiger partial charge in [-0.05, 0) is 12.8 Å². The van der Waals surface area contributed by atoms with Crippen LogP contribution in [0.4, 0.5) is 0 Å². The van der Waals surface area contributed by atoms with Crippen LogP contribution in [-0.2, 0) is 33.6 Å². The Bertz CT molecular complexity index is 813. The van der Waals surface area contributed by atoms with Crippen molar-refractivity contribution >= 4 is 66.8 Å². The second-order valence-corrected chi connectivity index (χ2v) is 7.87. The lowest BCUT2D eigenvalue weighted by atomic mass is 10.1. The highest BCUT2D eigenvalue weighted by Gasteiger charge is 2.27. The SMILES string of the molecule is N[C@@H](CCC(=O)N[C@@H](CS)C(=O)N[C@@H](CCC(=O)N[C@@H](CS)C(=O)NCC(=O)O)C(=O)O)C(=O)O. The number of amides is 4. The first-order valence-corrected chi connectivity index (χ1v) is 11.4. The molecule has 0 rings (SSSR count). The van der Waals surface area contributed by atoms with E-state index < -0.39 is 78.7 Å². The Morgan fingerprint density at radius 3 is 1.60 bits per heavy atom. The van der Waals surface area contributed by atoms with Crippen LogP contribution in [0.3, 0.4) is 0 Å². The van der Waals surface area contributed by atoms with E-state index in [1.54, 1.807) is 0 Å². The Balaban J connectivity index is 4.83. The van der Waals surface area contributed by atoms with Gasteiger partial charge in [0.1, 0.15) is 30.7 Å². The molecule has 0 aromatic carbocycles. The van der Waals surface area contributed by atoms with Crippen molar-refractivity contribution in [1.29, 1.82) is 0 Å². The van der Waals surface area contributed by atoms with Crippen molar-refractivity contribution in [3.05, 3.63) is 0 Å². The Kier molecular flexibility index (Phi) is 15.1. The number of thiol groups is 2. The topological polar surface area (TPSA) is 254 Å². The standard InChI is InChI=1S/C18H29N5O10S2/c19-8(17(30)31)1-3-12(24)22-11(7-35)16(29)23-9(18(32)33)2-4-13(25)21-10(6-34)15(28)20-5-14(26)27/h8-11,34-35H,1-7,19H2,(H,20,28)(H,21,25)(H,22,24)(H,23,29)(H,26,27)(H,30,31)(H,32,33)/t8-,9-,10-,11-/m0/s1. The lowest BCUT2D eigenvalue weighted by Crippen LogP contribution is -2.53. The average molecular weight is 540 g/mol. The number of nitrogens with two attached hydrogens (primary N) is 1. The maximum absolute atomic E-state index is 12.4. The number of hydrogen-bond donors (Lipinski definition) is 10. The van der Waals surface area contributed by atoms with E-state index in [-0.39, 0.29) is 30.8 Å². The molecule has 0 heterocycles. The summed E-state index contributed by atoms with van der Waals surface area (Å²) < 4.78 is 0. The van der Waals surface area contributed by atoms with Crippen molar-refractivity contribution in [2.75, 3.05) is 18.1 Å². The van der Waals surface area contributed by atoms with Crippen LogP contribution in [0.25, 0.3) is 0 Å². The molecular formula is C18H29N5O10S2. The van der Waals surface area contributed by atoms with E-state index in [2.05, 4.69) is 46.5 Å². The third-order valence-corrected chi connectivity index (χ3v) is 5.09. The van der Waals surface area contributed by atoms with Crippen LogP contribution in [0.5, 0.6) is 0 Å². The minimum absolute atomic E-state index is 0.156. The number of nitrogens with one attached hydrogen (secondary N) is 4. The van der Waals surface area contributed by atoms with Gasteiger partial charge in [-0.3, -0.25) is 28.8 Å². The van der Waals surface area contributed by atoms with Gasteiger partial charge in [-0.1, -0.05) is 0 Å². The first-order chi connectivity index (χ1) is 16.3. The first-order valence-electron chi connectivity index (χ1n) is 10.1. The molecule has 17 heteroatoms. The zero-order valence-electron chi connectivity index (χ0n) is 18.4. The van der Waals surface area contributed by atoms with E-state index in [0.29, 0.717) is 0 Å². The van der Waals surface area contributed by atoms with Gasteiger partial charge in [-0.2, -0.15) is 25.3 Å². The predicted octanol–water partition coefficient (Wildman–Crippen LogP) is -3.44. The molecule has 0 aliphatic carbocycles. The molecule has 0 fully saturated rings. The highest BCUT2D eigenvalue weighted by atomic mass is 32.1. The summed E-state index contributed by atoms with van der Waals surface area (Å²) in [6.07, 6.45) is -1.27. The molecule has 0 spiro atoms. The van der Waals surface area contributed by atoms with Crippen LogP contribution in [0, 0.1) is 0 Å². The van der Waals surface area contributed by atoms with Crippen molar-refractivity contribution in [3.8, 4) is 0 Å². The highest BCUT2D eigenvalue weighted by molar-refractivity contribution is 7.80. The third-order valence-electron chi connectivity index (χ3n) is 4.36. The van der Waals surface area contributed by atoms with Crippen LogP contribution < -0.4 is 27.0 Å². The van der Waals surface area contributed by atoms with Gasteiger partial charge < -0.3 is 42.3 Å². The summed E-state index contributed by atoms with van der Waals surface area (Å²) >= 11 is 7.84. The molecule has 35 heavy (non-hydrogen) atoms. The summed E-state index contributed by atoms with van der Waals surface area (Å²) in [5.74, 6) is -7.54. The van der Waals surface area contributed by atoms with Gasteiger partial charge in [0.25, 0.3) is 0 Å². The molecule has 0 aromatic rings. The summed E-state index contributed by atoms with van der Waals surface area (Å²) in [6, 6.07) is -5.20. The minimum Gasteiger partial charge on any atom is -0.480 e. The smallest absolute Gasteiger partial charge is 0.326 e. The minimum atomic E-state index is -1.52. The molecule has 0 aliphatic rings. The Morgan fingerprint density at radius 2 is 1.17 bits per heavy atom. The average Bonchev–Trinajstić information content (AvgIpc) is 2.79. The van der Waals surface area contributed by atoms with E-state index in [0.717, 1.165) is 0 Å². The van der Waals surface area contributed by atoms with Gasteiger partial charge in [-0.25, -0.2) is 4.79 Å². The number of carbonyl (C=O) groups is 7.